The number of hydrogen-bond donors (Lipinski definition) is 1. The molecule has 4 heterocycles. The van der Waals surface area contributed by atoms with E-state index in [0.717, 1.165) is 57.2 Å². The van der Waals surface area contributed by atoms with Gasteiger partial charge in [-0.2, -0.15) is 5.10 Å². The number of hydrogen-bond acceptors (Lipinski definition) is 6. The van der Waals surface area contributed by atoms with Crippen molar-refractivity contribution in [1.29, 1.82) is 0 Å². The predicted octanol–water partition coefficient (Wildman–Crippen LogP) is 5.35. The average molecular weight is 521 g/mol. The van der Waals surface area contributed by atoms with Gasteiger partial charge in [0.05, 0.1) is 34.2 Å². The van der Waals surface area contributed by atoms with Crippen LogP contribution in [0.15, 0.2) is 48.8 Å². The first kappa shape index (κ1) is 23.9. The first-order valence-corrected chi connectivity index (χ1v) is 13.2. The molecule has 1 fully saturated rings. The summed E-state index contributed by atoms with van der Waals surface area (Å²) < 4.78 is 29.6. The molecule has 6 rings (SSSR count). The second-order valence-electron chi connectivity index (χ2n) is 9.64. The normalized spacial score (nSPS) is 16.7. The van der Waals surface area contributed by atoms with Crippen LogP contribution < -0.4 is 5.32 Å². The Labute approximate surface area is 217 Å². The monoisotopic (exact) mass is 520 g/mol. The van der Waals surface area contributed by atoms with Gasteiger partial charge < -0.3 is 5.32 Å². The Balaban J connectivity index is 1.38. The Morgan fingerprint density at radius 1 is 1.19 bits per heavy atom. The van der Waals surface area contributed by atoms with Gasteiger partial charge >= 0.3 is 0 Å². The molecule has 0 saturated carbocycles. The van der Waals surface area contributed by atoms with Gasteiger partial charge in [-0.05, 0) is 55.6 Å². The number of nitrogens with zero attached hydrogens (tertiary/aromatic N) is 5. The fourth-order valence-electron chi connectivity index (χ4n) is 5.18. The summed E-state index contributed by atoms with van der Waals surface area (Å²) in [6.45, 7) is 2.46. The molecule has 3 aromatic heterocycles. The standard InChI is InChI=1S/C27H26F2N6OS/c1-17(36)31-26-32-22-10-9-21-23(19-4-2-12-30-14-19)33-35(24(21)25(22)37-26)20-7-5-18(6-8-20)15-34-13-3-11-27(28,29)16-34/h2,4-8,12,14H,3,9-11,13,15-16H2,1H3,(H,31,32,36). The summed E-state index contributed by atoms with van der Waals surface area (Å²) in [5.41, 5.74) is 6.72. The maximum Gasteiger partial charge on any atom is 0.260 e. The van der Waals surface area contributed by atoms with Crippen LogP contribution in [0.25, 0.3) is 27.5 Å². The molecule has 0 atom stereocenters. The number of aromatic nitrogens is 4. The van der Waals surface area contributed by atoms with E-state index in [0.29, 0.717) is 24.6 Å². The number of carbonyl (C=O) groups excluding carboxylic acids is 1. The number of aryl methyl sites for hydroxylation is 1. The Hall–Kier alpha value is -3.50. The molecule has 190 valence electrons. The number of pyridine rings is 1. The first-order chi connectivity index (χ1) is 17.9. The van der Waals surface area contributed by atoms with Gasteiger partial charge in [0, 0.05) is 43.4 Å². The van der Waals surface area contributed by atoms with Gasteiger partial charge in [0.15, 0.2) is 5.13 Å². The number of alkyl halides is 2. The minimum Gasteiger partial charge on any atom is -0.302 e. The molecule has 1 aliphatic heterocycles. The van der Waals surface area contributed by atoms with Crippen molar-refractivity contribution in [3.8, 4) is 27.5 Å². The van der Waals surface area contributed by atoms with Gasteiger partial charge in [-0.15, -0.1) is 0 Å². The summed E-state index contributed by atoms with van der Waals surface area (Å²) in [5.74, 6) is -2.77. The molecule has 1 aliphatic carbocycles. The van der Waals surface area contributed by atoms with E-state index < -0.39 is 5.92 Å². The molecule has 4 aromatic rings. The third-order valence-electron chi connectivity index (χ3n) is 6.78. The van der Waals surface area contributed by atoms with Crippen molar-refractivity contribution < 1.29 is 13.6 Å². The van der Waals surface area contributed by atoms with Crippen molar-refractivity contribution in [3.63, 3.8) is 0 Å². The second-order valence-corrected chi connectivity index (χ2v) is 10.6. The lowest BCUT2D eigenvalue weighted by atomic mass is 9.95. The van der Waals surface area contributed by atoms with Gasteiger partial charge in [0.25, 0.3) is 5.92 Å². The zero-order valence-electron chi connectivity index (χ0n) is 20.4. The topological polar surface area (TPSA) is 75.9 Å². The molecule has 2 aliphatic rings. The third-order valence-corrected chi connectivity index (χ3v) is 7.80. The summed E-state index contributed by atoms with van der Waals surface area (Å²) in [6, 6.07) is 11.8. The fraction of sp³-hybridized carbons (Fsp3) is 0.333. The fourth-order valence-corrected chi connectivity index (χ4v) is 6.29. The predicted molar refractivity (Wildman–Crippen MR) is 139 cm³/mol. The van der Waals surface area contributed by atoms with E-state index in [1.54, 1.807) is 6.20 Å². The Bertz CT molecular complexity index is 1450. The molecular formula is C27H26F2N6OS. The van der Waals surface area contributed by atoms with Crippen LogP contribution in [0, 0.1) is 0 Å². The number of carbonyl (C=O) groups is 1. The lowest BCUT2D eigenvalue weighted by Gasteiger charge is -2.32. The molecule has 1 amide bonds. The van der Waals surface area contributed by atoms with Crippen LogP contribution in [-0.4, -0.2) is 49.6 Å². The number of halogens is 2. The zero-order chi connectivity index (χ0) is 25.6. The maximum atomic E-state index is 13.9. The van der Waals surface area contributed by atoms with E-state index in [1.807, 2.05) is 52.2 Å². The van der Waals surface area contributed by atoms with Crippen LogP contribution in [0.1, 0.15) is 36.6 Å². The lowest BCUT2D eigenvalue weighted by Crippen LogP contribution is -2.41. The van der Waals surface area contributed by atoms with Gasteiger partial charge in [-0.25, -0.2) is 18.4 Å². The number of rotatable bonds is 5. The number of amides is 1. The number of thiazole rings is 1. The molecule has 1 aromatic carbocycles. The van der Waals surface area contributed by atoms with Gasteiger partial charge in [-0.3, -0.25) is 14.7 Å². The Morgan fingerprint density at radius 3 is 2.76 bits per heavy atom. The van der Waals surface area contributed by atoms with Crippen molar-refractivity contribution >= 4 is 22.4 Å². The van der Waals surface area contributed by atoms with Crippen LogP contribution in [0.3, 0.4) is 0 Å². The molecule has 0 radical (unpaired) electrons. The van der Waals surface area contributed by atoms with Crippen LogP contribution >= 0.6 is 11.3 Å². The Kier molecular flexibility index (Phi) is 6.08. The first-order valence-electron chi connectivity index (χ1n) is 12.4. The van der Waals surface area contributed by atoms with Crippen molar-refractivity contribution in [1.82, 2.24) is 24.6 Å². The highest BCUT2D eigenvalue weighted by molar-refractivity contribution is 7.19. The zero-order valence-corrected chi connectivity index (χ0v) is 21.2. The molecule has 0 unspecified atom stereocenters. The van der Waals surface area contributed by atoms with E-state index in [9.17, 15) is 13.6 Å². The number of nitrogens with one attached hydrogen (secondary N) is 1. The van der Waals surface area contributed by atoms with Crippen molar-refractivity contribution in [2.45, 2.75) is 45.1 Å². The second kappa shape index (κ2) is 9.42. The number of anilines is 1. The van der Waals surface area contributed by atoms with Crippen molar-refractivity contribution in [3.05, 3.63) is 65.6 Å². The Morgan fingerprint density at radius 2 is 2.03 bits per heavy atom. The molecule has 7 nitrogen and oxygen atoms in total. The van der Waals surface area contributed by atoms with Crippen molar-refractivity contribution in [2.75, 3.05) is 18.4 Å². The van der Waals surface area contributed by atoms with Gasteiger partial charge in [0.1, 0.15) is 0 Å². The molecule has 0 bridgehead atoms. The van der Waals surface area contributed by atoms with E-state index in [1.165, 1.54) is 18.3 Å². The SMILES string of the molecule is CC(=O)Nc1nc2c(s1)-c1c(c(-c3cccnc3)nn1-c1ccc(CN3CCCC(F)(F)C3)cc1)CC2. The molecule has 1 N–H and O–H groups in total. The minimum absolute atomic E-state index is 0.0324. The van der Waals surface area contributed by atoms with Crippen LogP contribution in [-0.2, 0) is 24.2 Å². The number of benzene rings is 1. The van der Waals surface area contributed by atoms with E-state index in [-0.39, 0.29) is 18.9 Å². The van der Waals surface area contributed by atoms with Crippen LogP contribution in [0.4, 0.5) is 13.9 Å². The summed E-state index contributed by atoms with van der Waals surface area (Å²) in [5, 5.41) is 8.42. The smallest absolute Gasteiger partial charge is 0.260 e. The number of fused-ring (bicyclic) bond motifs is 3. The van der Waals surface area contributed by atoms with E-state index in [2.05, 4.69) is 15.3 Å². The summed E-state index contributed by atoms with van der Waals surface area (Å²) in [4.78, 5) is 23.4. The summed E-state index contributed by atoms with van der Waals surface area (Å²) in [6.07, 6.45) is 5.57. The highest BCUT2D eigenvalue weighted by atomic mass is 32.1. The largest absolute Gasteiger partial charge is 0.302 e. The molecule has 1 saturated heterocycles. The quantitative estimate of drug-likeness (QED) is 0.384. The average Bonchev–Trinajstić information content (AvgIpc) is 3.45. The molecule has 37 heavy (non-hydrogen) atoms. The van der Waals surface area contributed by atoms with Crippen molar-refractivity contribution in [2.24, 2.45) is 0 Å². The highest BCUT2D eigenvalue weighted by Gasteiger charge is 2.35. The highest BCUT2D eigenvalue weighted by Crippen LogP contribution is 2.44. The molecule has 10 heteroatoms. The summed E-state index contributed by atoms with van der Waals surface area (Å²) in [7, 11) is 0. The van der Waals surface area contributed by atoms with E-state index >= 15 is 0 Å². The maximum absolute atomic E-state index is 13.9. The molecular weight excluding hydrogens is 494 g/mol. The number of piperidine rings is 1. The lowest BCUT2D eigenvalue weighted by molar-refractivity contribution is -0.114. The van der Waals surface area contributed by atoms with E-state index in [4.69, 9.17) is 5.10 Å². The minimum atomic E-state index is -2.61. The van der Waals surface area contributed by atoms with Gasteiger partial charge in [-0.1, -0.05) is 23.5 Å². The number of likely N-dealkylation sites (tertiary alicyclic amines) is 1. The molecule has 0 spiro atoms. The van der Waals surface area contributed by atoms with Crippen LogP contribution in [0.2, 0.25) is 0 Å². The van der Waals surface area contributed by atoms with Gasteiger partial charge in [0.2, 0.25) is 5.91 Å². The summed E-state index contributed by atoms with van der Waals surface area (Å²) >= 11 is 1.45. The van der Waals surface area contributed by atoms with Crippen LogP contribution in [0.5, 0.6) is 0 Å². The third kappa shape index (κ3) is 4.78.